The third kappa shape index (κ3) is 5.54. The number of rotatable bonds is 5. The Morgan fingerprint density at radius 2 is 0.969 bits per heavy atom. The van der Waals surface area contributed by atoms with E-state index in [1.807, 2.05) is 12.1 Å². The maximum atomic E-state index is 7.20. The van der Waals surface area contributed by atoms with Crippen LogP contribution in [0.4, 0.5) is 17.1 Å². The monoisotopic (exact) mass is 819 g/mol. The molecule has 3 nitrogen and oxygen atoms in total. The Kier molecular flexibility index (Phi) is 7.95. The predicted octanol–water partition coefficient (Wildman–Crippen LogP) is 17.3. The lowest BCUT2D eigenvalue weighted by atomic mass is 9.82. The minimum absolute atomic E-state index is 0.160. The quantitative estimate of drug-likeness (QED) is 0.173. The van der Waals surface area contributed by atoms with E-state index in [2.05, 4.69) is 219 Å². The summed E-state index contributed by atoms with van der Waals surface area (Å²) in [5.74, 6) is 1.65. The van der Waals surface area contributed by atoms with Gasteiger partial charge in [-0.2, -0.15) is 0 Å². The number of benzene rings is 10. The number of ether oxygens (including phenoxy) is 1. The Morgan fingerprint density at radius 1 is 0.375 bits per heavy atom. The van der Waals surface area contributed by atoms with E-state index in [-0.39, 0.29) is 5.41 Å². The van der Waals surface area contributed by atoms with Crippen molar-refractivity contribution in [3.8, 4) is 67.1 Å². The van der Waals surface area contributed by atoms with E-state index in [0.29, 0.717) is 0 Å². The Morgan fingerprint density at radius 3 is 1.83 bits per heavy atom. The molecule has 0 saturated carbocycles. The van der Waals surface area contributed by atoms with Gasteiger partial charge in [0.25, 0.3) is 0 Å². The first-order chi connectivity index (χ1) is 31.5. The number of hydrogen-bond acceptors (Lipinski definition) is 3. The van der Waals surface area contributed by atoms with Gasteiger partial charge < -0.3 is 14.1 Å². The van der Waals surface area contributed by atoms with Crippen molar-refractivity contribution in [2.75, 3.05) is 4.90 Å². The molecular weight excluding hydrogens is 779 g/mol. The Bertz CT molecular complexity index is 3670. The third-order valence-corrected chi connectivity index (χ3v) is 13.7. The minimum Gasteiger partial charge on any atom is -0.456 e. The summed E-state index contributed by atoms with van der Waals surface area (Å²) in [7, 11) is 0. The highest BCUT2D eigenvalue weighted by atomic mass is 16.5. The maximum Gasteiger partial charge on any atom is 0.143 e. The molecule has 0 unspecified atom stereocenters. The predicted molar refractivity (Wildman–Crippen MR) is 265 cm³/mol. The third-order valence-electron chi connectivity index (χ3n) is 13.7. The Hall–Kier alpha value is -8.14. The molecule has 0 amide bonds. The van der Waals surface area contributed by atoms with Gasteiger partial charge in [0.2, 0.25) is 0 Å². The minimum atomic E-state index is -0.160. The van der Waals surface area contributed by atoms with Crippen LogP contribution in [0.2, 0.25) is 0 Å². The maximum absolute atomic E-state index is 7.20. The second kappa shape index (κ2) is 13.9. The molecule has 3 heteroatoms. The van der Waals surface area contributed by atoms with Crippen molar-refractivity contribution < 1.29 is 9.15 Å². The molecule has 11 aromatic rings. The van der Waals surface area contributed by atoms with E-state index in [1.54, 1.807) is 0 Å². The van der Waals surface area contributed by atoms with Crippen LogP contribution in [0, 0.1) is 0 Å². The van der Waals surface area contributed by atoms with E-state index < -0.39 is 0 Å². The molecule has 302 valence electrons. The van der Waals surface area contributed by atoms with Gasteiger partial charge in [-0.25, -0.2) is 0 Å². The fraction of sp³-hybridized carbons (Fsp3) is 0.0492. The molecule has 2 heterocycles. The number of furan rings is 1. The molecule has 1 aromatic heterocycles. The normalized spacial score (nSPS) is 13.1. The fourth-order valence-electron chi connectivity index (χ4n) is 10.5. The zero-order chi connectivity index (χ0) is 42.5. The highest BCUT2D eigenvalue weighted by molar-refractivity contribution is 6.10. The standard InChI is InChI=1S/C61H41NO2/c1-61(2)54-24-10-8-18-47(54)48-32-30-43(36-55(48)61)62(42-28-26-39(27-29-42)46-21-13-23-52-49-19-9-11-25-56(49)64-60(46)52)44-31-33-50-51-22-12-20-45(38-14-4-3-5-15-38)59(51)53-34-40-16-6-7-17-41(40)35-57(53)63-58(50)37-44/h3-37H,1-2H3. The summed E-state index contributed by atoms with van der Waals surface area (Å²) >= 11 is 0. The van der Waals surface area contributed by atoms with Crippen molar-refractivity contribution in [1.82, 2.24) is 0 Å². The van der Waals surface area contributed by atoms with E-state index in [0.717, 1.165) is 83.7 Å². The van der Waals surface area contributed by atoms with Crippen LogP contribution < -0.4 is 9.64 Å². The molecule has 2 aliphatic rings. The van der Waals surface area contributed by atoms with E-state index in [9.17, 15) is 0 Å². The van der Waals surface area contributed by atoms with E-state index in [1.165, 1.54) is 44.3 Å². The molecule has 0 N–H and O–H groups in total. The van der Waals surface area contributed by atoms with Crippen LogP contribution in [0.3, 0.4) is 0 Å². The lowest BCUT2D eigenvalue weighted by molar-refractivity contribution is 0.488. The van der Waals surface area contributed by atoms with Crippen LogP contribution in [0.25, 0.3) is 88.3 Å². The van der Waals surface area contributed by atoms with Gasteiger partial charge in [-0.15, -0.1) is 0 Å². The number of hydrogen-bond donors (Lipinski definition) is 0. The fourth-order valence-corrected chi connectivity index (χ4v) is 10.5. The second-order valence-electron chi connectivity index (χ2n) is 17.6. The molecule has 0 bridgehead atoms. The first kappa shape index (κ1) is 36.5. The molecule has 10 aromatic carbocycles. The summed E-state index contributed by atoms with van der Waals surface area (Å²) in [5.41, 5.74) is 19.0. The number of nitrogens with zero attached hydrogens (tertiary/aromatic N) is 1. The van der Waals surface area contributed by atoms with Crippen LogP contribution in [0.15, 0.2) is 217 Å². The topological polar surface area (TPSA) is 25.6 Å². The van der Waals surface area contributed by atoms with Gasteiger partial charge in [0.05, 0.1) is 0 Å². The average Bonchev–Trinajstić information content (AvgIpc) is 3.78. The molecule has 0 fully saturated rings. The number of fused-ring (bicyclic) bond motifs is 12. The number of para-hydroxylation sites is 2. The van der Waals surface area contributed by atoms with Crippen molar-refractivity contribution in [1.29, 1.82) is 0 Å². The van der Waals surface area contributed by atoms with Gasteiger partial charge >= 0.3 is 0 Å². The van der Waals surface area contributed by atoms with Crippen molar-refractivity contribution >= 4 is 49.8 Å². The van der Waals surface area contributed by atoms with Gasteiger partial charge in [0.15, 0.2) is 0 Å². The molecular formula is C61H41NO2. The van der Waals surface area contributed by atoms with Crippen molar-refractivity contribution in [3.05, 3.63) is 223 Å². The van der Waals surface area contributed by atoms with Crippen molar-refractivity contribution in [2.24, 2.45) is 0 Å². The first-order valence-corrected chi connectivity index (χ1v) is 22.1. The van der Waals surface area contributed by atoms with Crippen LogP contribution in [-0.4, -0.2) is 0 Å². The number of anilines is 3. The zero-order valence-electron chi connectivity index (χ0n) is 35.5. The Balaban J connectivity index is 1.00. The molecule has 0 atom stereocenters. The summed E-state index contributed by atoms with van der Waals surface area (Å²) in [4.78, 5) is 2.38. The van der Waals surface area contributed by atoms with Gasteiger partial charge in [0, 0.05) is 61.6 Å². The van der Waals surface area contributed by atoms with Crippen LogP contribution in [-0.2, 0) is 5.41 Å². The lowest BCUT2D eigenvalue weighted by Crippen LogP contribution is -2.16. The van der Waals surface area contributed by atoms with Crippen molar-refractivity contribution in [2.45, 2.75) is 19.3 Å². The van der Waals surface area contributed by atoms with Gasteiger partial charge in [0.1, 0.15) is 22.7 Å². The van der Waals surface area contributed by atoms with Crippen LogP contribution in [0.5, 0.6) is 11.5 Å². The zero-order valence-corrected chi connectivity index (χ0v) is 35.5. The van der Waals surface area contributed by atoms with E-state index in [4.69, 9.17) is 9.15 Å². The van der Waals surface area contributed by atoms with Crippen molar-refractivity contribution in [3.63, 3.8) is 0 Å². The SMILES string of the molecule is CC1(C)c2ccccc2-c2ccc(N(c3ccc(-c4cccc5c4oc4ccccc45)cc3)c3ccc4c(c3)Oc3cc5ccccc5cc3-c3c(-c5ccccc5)cccc3-4)cc21. The van der Waals surface area contributed by atoms with Crippen LogP contribution in [0.1, 0.15) is 25.0 Å². The molecule has 1 aliphatic heterocycles. The van der Waals surface area contributed by atoms with Gasteiger partial charge in [-0.1, -0.05) is 166 Å². The summed E-state index contributed by atoms with van der Waals surface area (Å²) in [6.45, 7) is 4.69. The highest BCUT2D eigenvalue weighted by Gasteiger charge is 2.36. The first-order valence-electron chi connectivity index (χ1n) is 22.1. The molecule has 64 heavy (non-hydrogen) atoms. The Labute approximate surface area is 372 Å². The smallest absolute Gasteiger partial charge is 0.143 e. The summed E-state index contributed by atoms with van der Waals surface area (Å²) in [6.07, 6.45) is 0. The largest absolute Gasteiger partial charge is 0.456 e. The molecule has 1 aliphatic carbocycles. The molecule has 0 saturated heterocycles. The molecule has 13 rings (SSSR count). The van der Waals surface area contributed by atoms with Gasteiger partial charge in [-0.3, -0.25) is 0 Å². The second-order valence-corrected chi connectivity index (χ2v) is 17.6. The van der Waals surface area contributed by atoms with Gasteiger partial charge in [-0.05, 0) is 110 Å². The van der Waals surface area contributed by atoms with Crippen LogP contribution >= 0.6 is 0 Å². The summed E-state index contributed by atoms with van der Waals surface area (Å²) < 4.78 is 13.7. The summed E-state index contributed by atoms with van der Waals surface area (Å²) in [5, 5.41) is 4.57. The molecule has 0 spiro atoms. The lowest BCUT2D eigenvalue weighted by Gasteiger charge is -2.29. The highest BCUT2D eigenvalue weighted by Crippen LogP contribution is 2.54. The average molecular weight is 820 g/mol. The molecule has 0 radical (unpaired) electrons. The van der Waals surface area contributed by atoms with E-state index >= 15 is 0 Å². The summed E-state index contributed by atoms with van der Waals surface area (Å²) in [6, 6.07) is 76.6.